The molecule has 1 fully saturated rings. The molecular weight excluding hydrogens is 308 g/mol. The molecule has 0 saturated carbocycles. The van der Waals surface area contributed by atoms with Crippen LogP contribution in [0, 0.1) is 0 Å². The molecule has 2 aromatic carbocycles. The van der Waals surface area contributed by atoms with E-state index in [2.05, 4.69) is 11.9 Å². The predicted octanol–water partition coefficient (Wildman–Crippen LogP) is 4.46. The number of likely N-dealkylation sites (tertiary alicyclic amines) is 1. The van der Waals surface area contributed by atoms with Crippen molar-refractivity contribution in [2.24, 2.45) is 0 Å². The second kappa shape index (κ2) is 5.43. The van der Waals surface area contributed by atoms with E-state index in [0.717, 1.165) is 47.6 Å². The van der Waals surface area contributed by atoms with Crippen molar-refractivity contribution < 1.29 is 4.79 Å². The molecule has 1 amide bonds. The Morgan fingerprint density at radius 3 is 2.48 bits per heavy atom. The number of hydrogen-bond donors (Lipinski definition) is 0. The first-order valence-corrected chi connectivity index (χ1v) is 8.18. The van der Waals surface area contributed by atoms with Crippen LogP contribution in [0.1, 0.15) is 18.4 Å². The van der Waals surface area contributed by atoms with Crippen molar-refractivity contribution in [3.05, 3.63) is 64.8 Å². The summed E-state index contributed by atoms with van der Waals surface area (Å²) in [7, 11) is 2.07. The van der Waals surface area contributed by atoms with Gasteiger partial charge in [0.25, 0.3) is 5.91 Å². The molecule has 0 aromatic heterocycles. The van der Waals surface area contributed by atoms with E-state index in [9.17, 15) is 4.79 Å². The number of halogens is 1. The zero-order valence-corrected chi connectivity index (χ0v) is 13.7. The van der Waals surface area contributed by atoms with Gasteiger partial charge in [0.15, 0.2) is 0 Å². The lowest BCUT2D eigenvalue weighted by atomic mass is 10.0. The minimum absolute atomic E-state index is 0.0530. The number of carbonyl (C=O) groups excluding carboxylic acids is 1. The fourth-order valence-electron chi connectivity index (χ4n) is 3.47. The topological polar surface area (TPSA) is 23.6 Å². The Morgan fingerprint density at radius 2 is 1.78 bits per heavy atom. The van der Waals surface area contributed by atoms with Crippen molar-refractivity contribution in [3.8, 4) is 0 Å². The normalized spacial score (nSPS) is 20.3. The van der Waals surface area contributed by atoms with Crippen LogP contribution in [-0.4, -0.2) is 24.4 Å². The summed E-state index contributed by atoms with van der Waals surface area (Å²) < 4.78 is 0. The van der Waals surface area contributed by atoms with Crippen LogP contribution in [0.25, 0.3) is 5.57 Å². The van der Waals surface area contributed by atoms with Crippen LogP contribution in [0.3, 0.4) is 0 Å². The second-order valence-electron chi connectivity index (χ2n) is 5.98. The molecule has 3 nitrogen and oxygen atoms in total. The highest BCUT2D eigenvalue weighted by Crippen LogP contribution is 2.44. The summed E-state index contributed by atoms with van der Waals surface area (Å²) in [5, 5.41) is 0.669. The van der Waals surface area contributed by atoms with Crippen molar-refractivity contribution in [1.29, 1.82) is 0 Å². The Labute approximate surface area is 140 Å². The lowest BCUT2D eigenvalue weighted by Gasteiger charge is -2.18. The van der Waals surface area contributed by atoms with E-state index < -0.39 is 0 Å². The first kappa shape index (κ1) is 14.3. The van der Waals surface area contributed by atoms with Gasteiger partial charge in [-0.15, -0.1) is 0 Å². The van der Waals surface area contributed by atoms with Gasteiger partial charge in [-0.3, -0.25) is 9.69 Å². The molecule has 116 valence electrons. The quantitative estimate of drug-likeness (QED) is 0.723. The molecule has 0 aliphatic carbocycles. The highest BCUT2D eigenvalue weighted by molar-refractivity contribution is 6.35. The molecule has 2 aromatic rings. The Balaban J connectivity index is 1.90. The molecule has 23 heavy (non-hydrogen) atoms. The first-order chi connectivity index (χ1) is 11.2. The van der Waals surface area contributed by atoms with Gasteiger partial charge in [0, 0.05) is 35.6 Å². The van der Waals surface area contributed by atoms with Crippen molar-refractivity contribution in [2.75, 3.05) is 18.5 Å². The molecule has 2 aliphatic rings. The molecular formula is C19H17ClN2O. The smallest absolute Gasteiger partial charge is 0.265 e. The fourth-order valence-corrected chi connectivity index (χ4v) is 3.59. The molecule has 0 radical (unpaired) electrons. The average molecular weight is 325 g/mol. The Morgan fingerprint density at radius 1 is 1.04 bits per heavy atom. The van der Waals surface area contributed by atoms with Gasteiger partial charge in [0.2, 0.25) is 0 Å². The second-order valence-corrected chi connectivity index (χ2v) is 6.42. The number of amides is 1. The molecule has 4 rings (SSSR count). The summed E-state index contributed by atoms with van der Waals surface area (Å²) in [6.45, 7) is 1.01. The monoisotopic (exact) mass is 324 g/mol. The van der Waals surface area contributed by atoms with Crippen LogP contribution in [-0.2, 0) is 4.79 Å². The number of rotatable bonds is 1. The van der Waals surface area contributed by atoms with Crippen LogP contribution in [0.4, 0.5) is 11.4 Å². The van der Waals surface area contributed by atoms with Crippen LogP contribution in [0.5, 0.6) is 0 Å². The minimum atomic E-state index is 0.0530. The van der Waals surface area contributed by atoms with E-state index in [-0.39, 0.29) is 5.91 Å². The van der Waals surface area contributed by atoms with Gasteiger partial charge in [0.1, 0.15) is 0 Å². The van der Waals surface area contributed by atoms with Crippen LogP contribution >= 0.6 is 11.6 Å². The third-order valence-electron chi connectivity index (χ3n) is 4.57. The minimum Gasteiger partial charge on any atom is -0.377 e. The average Bonchev–Trinajstić information content (AvgIpc) is 3.09. The van der Waals surface area contributed by atoms with Gasteiger partial charge < -0.3 is 4.90 Å². The third-order valence-corrected chi connectivity index (χ3v) is 4.82. The van der Waals surface area contributed by atoms with E-state index in [1.165, 1.54) is 0 Å². The maximum absolute atomic E-state index is 13.2. The zero-order chi connectivity index (χ0) is 16.0. The van der Waals surface area contributed by atoms with Crippen LogP contribution < -0.4 is 4.90 Å². The lowest BCUT2D eigenvalue weighted by Crippen LogP contribution is -2.22. The molecule has 2 aliphatic heterocycles. The van der Waals surface area contributed by atoms with Crippen molar-refractivity contribution in [2.45, 2.75) is 12.8 Å². The van der Waals surface area contributed by atoms with Gasteiger partial charge in [-0.05, 0) is 43.2 Å². The maximum Gasteiger partial charge on any atom is 0.265 e. The summed E-state index contributed by atoms with van der Waals surface area (Å²) in [5.41, 5.74) is 4.82. The molecule has 4 heteroatoms. The molecule has 0 unspecified atom stereocenters. The highest BCUT2D eigenvalue weighted by Gasteiger charge is 2.36. The maximum atomic E-state index is 13.2. The SMILES string of the molecule is CN1CCC/C1=C1/C(=O)N(c2ccc(Cl)cc2)c2ccccc21. The Bertz CT molecular complexity index is 810. The molecule has 0 spiro atoms. The van der Waals surface area contributed by atoms with Gasteiger partial charge >= 0.3 is 0 Å². The van der Waals surface area contributed by atoms with Gasteiger partial charge in [-0.1, -0.05) is 29.8 Å². The number of hydrogen-bond acceptors (Lipinski definition) is 2. The Kier molecular flexibility index (Phi) is 3.38. The van der Waals surface area contributed by atoms with Gasteiger partial charge in [0.05, 0.1) is 11.3 Å². The van der Waals surface area contributed by atoms with Crippen molar-refractivity contribution in [3.63, 3.8) is 0 Å². The Hall–Kier alpha value is -2.26. The molecule has 0 atom stereocenters. The number of nitrogens with zero attached hydrogens (tertiary/aromatic N) is 2. The van der Waals surface area contributed by atoms with Crippen LogP contribution in [0.15, 0.2) is 54.2 Å². The van der Waals surface area contributed by atoms with Crippen molar-refractivity contribution in [1.82, 2.24) is 4.90 Å². The number of anilines is 2. The van der Waals surface area contributed by atoms with E-state index >= 15 is 0 Å². The van der Waals surface area contributed by atoms with E-state index in [1.54, 1.807) is 4.90 Å². The summed E-state index contributed by atoms with van der Waals surface area (Å²) in [4.78, 5) is 17.2. The summed E-state index contributed by atoms with van der Waals surface area (Å²) >= 11 is 5.99. The fraction of sp³-hybridized carbons (Fsp3) is 0.211. The number of fused-ring (bicyclic) bond motifs is 1. The summed E-state index contributed by atoms with van der Waals surface area (Å²) in [6, 6.07) is 15.4. The molecule has 1 saturated heterocycles. The van der Waals surface area contributed by atoms with Gasteiger partial charge in [-0.2, -0.15) is 0 Å². The number of allylic oxidation sites excluding steroid dienone is 1. The molecule has 0 N–H and O–H groups in total. The summed E-state index contributed by atoms with van der Waals surface area (Å²) in [6.07, 6.45) is 2.06. The van der Waals surface area contributed by atoms with Crippen LogP contribution in [0.2, 0.25) is 5.02 Å². The number of benzene rings is 2. The van der Waals surface area contributed by atoms with E-state index in [4.69, 9.17) is 11.6 Å². The van der Waals surface area contributed by atoms with E-state index in [1.807, 2.05) is 48.5 Å². The summed E-state index contributed by atoms with van der Waals surface area (Å²) in [5.74, 6) is 0.0530. The lowest BCUT2D eigenvalue weighted by molar-refractivity contribution is -0.112. The predicted molar refractivity (Wildman–Crippen MR) is 93.8 cm³/mol. The highest BCUT2D eigenvalue weighted by atomic mass is 35.5. The number of carbonyl (C=O) groups is 1. The molecule has 2 heterocycles. The van der Waals surface area contributed by atoms with Crippen molar-refractivity contribution >= 4 is 34.5 Å². The molecule has 0 bridgehead atoms. The van der Waals surface area contributed by atoms with E-state index in [0.29, 0.717) is 5.02 Å². The van der Waals surface area contributed by atoms with Gasteiger partial charge in [-0.25, -0.2) is 0 Å². The standard InChI is InChI=1S/C19H17ClN2O/c1-21-12-4-7-17(21)18-15-5-2-3-6-16(15)22(19(18)23)14-10-8-13(20)9-11-14/h2-3,5-6,8-11H,4,7,12H2,1H3/b18-17-. The largest absolute Gasteiger partial charge is 0.377 e. The first-order valence-electron chi connectivity index (χ1n) is 7.80. The number of para-hydroxylation sites is 1. The zero-order valence-electron chi connectivity index (χ0n) is 12.9. The third kappa shape index (κ3) is 2.23.